The Bertz CT molecular complexity index is 544. The predicted octanol–water partition coefficient (Wildman–Crippen LogP) is 6.72. The molecule has 0 saturated carbocycles. The highest BCUT2D eigenvalue weighted by molar-refractivity contribution is 5.83. The third-order valence-corrected chi connectivity index (χ3v) is 3.84. The molecule has 0 aliphatic carbocycles. The summed E-state index contributed by atoms with van der Waals surface area (Å²) in [5.74, 6) is -2.39. The number of halogens is 3. The maximum absolute atomic E-state index is 12.0. The van der Waals surface area contributed by atoms with Crippen molar-refractivity contribution >= 4 is 11.8 Å². The zero-order valence-electron chi connectivity index (χ0n) is 16.3. The fourth-order valence-electron chi connectivity index (χ4n) is 2.29. The van der Waals surface area contributed by atoms with Gasteiger partial charge in [-0.3, -0.25) is 9.59 Å². The summed E-state index contributed by atoms with van der Waals surface area (Å²) in [6, 6.07) is 0. The van der Waals surface area contributed by atoms with Gasteiger partial charge < -0.3 is 5.11 Å². The third-order valence-electron chi connectivity index (χ3n) is 3.84. The number of rotatable bonds is 16. The molecule has 0 amide bonds. The third kappa shape index (κ3) is 18.7. The topological polar surface area (TPSA) is 54.4 Å². The van der Waals surface area contributed by atoms with Gasteiger partial charge in [-0.2, -0.15) is 13.2 Å². The molecule has 0 aromatic rings. The lowest BCUT2D eigenvalue weighted by molar-refractivity contribution is -0.171. The first-order valence-electron chi connectivity index (χ1n) is 9.76. The molecule has 0 atom stereocenters. The van der Waals surface area contributed by atoms with Gasteiger partial charge in [-0.1, -0.05) is 55.0 Å². The number of alkyl halides is 3. The minimum atomic E-state index is -4.69. The molecule has 0 aromatic carbocycles. The van der Waals surface area contributed by atoms with E-state index in [0.717, 1.165) is 38.5 Å². The van der Waals surface area contributed by atoms with Crippen molar-refractivity contribution in [3.63, 3.8) is 0 Å². The number of carbonyl (C=O) groups excluding carboxylic acids is 1. The molecule has 0 radical (unpaired) electrons. The number of allylic oxidation sites excluding steroid dienone is 8. The number of hydrogen-bond donors (Lipinski definition) is 1. The van der Waals surface area contributed by atoms with Crippen LogP contribution in [0.2, 0.25) is 0 Å². The zero-order valence-corrected chi connectivity index (χ0v) is 16.3. The van der Waals surface area contributed by atoms with E-state index in [2.05, 4.69) is 24.3 Å². The largest absolute Gasteiger partial charge is 0.481 e. The summed E-state index contributed by atoms with van der Waals surface area (Å²) in [5, 5.41) is 8.50. The molecule has 0 bridgehead atoms. The van der Waals surface area contributed by atoms with Gasteiger partial charge in [0.15, 0.2) is 0 Å². The van der Waals surface area contributed by atoms with Crippen LogP contribution < -0.4 is 0 Å². The normalized spacial score (nSPS) is 12.8. The number of carboxylic acid groups (broad SMARTS) is 1. The first-order valence-corrected chi connectivity index (χ1v) is 9.76. The van der Waals surface area contributed by atoms with Crippen LogP contribution in [0.5, 0.6) is 0 Å². The van der Waals surface area contributed by atoms with Gasteiger partial charge in [0, 0.05) is 12.8 Å². The summed E-state index contributed by atoms with van der Waals surface area (Å²) < 4.78 is 36.0. The number of unbranched alkanes of at least 4 members (excludes halogenated alkanes) is 4. The molecule has 1 N–H and O–H groups in total. The molecule has 0 aliphatic rings. The molecule has 0 aliphatic heterocycles. The standard InChI is InChI=1S/C22H31F3O3/c23-22(24,25)20(26)18-16-14-12-10-8-6-4-2-1-3-5-7-9-11-13-15-17-19-21(27)28/h1-2,5-8,11,13H,3-4,9-10,12,14-19H2,(H,27,28). The molecule has 0 unspecified atom stereocenters. The van der Waals surface area contributed by atoms with Gasteiger partial charge in [0.2, 0.25) is 5.78 Å². The van der Waals surface area contributed by atoms with Crippen LogP contribution in [-0.2, 0) is 9.59 Å². The predicted molar refractivity (Wildman–Crippen MR) is 106 cm³/mol. The molecule has 3 nitrogen and oxygen atoms in total. The second-order valence-electron chi connectivity index (χ2n) is 6.40. The van der Waals surface area contributed by atoms with Gasteiger partial charge in [-0.05, 0) is 51.4 Å². The lowest BCUT2D eigenvalue weighted by Gasteiger charge is -2.03. The van der Waals surface area contributed by atoms with Crippen molar-refractivity contribution in [2.75, 3.05) is 0 Å². The Morgan fingerprint density at radius 3 is 1.57 bits per heavy atom. The van der Waals surface area contributed by atoms with Crippen LogP contribution in [0.4, 0.5) is 13.2 Å². The molecule has 0 spiro atoms. The molecule has 0 saturated heterocycles. The SMILES string of the molecule is O=C(O)CCCC=CCC=CCC=CCC=CCCCCCC(=O)C(F)(F)F. The summed E-state index contributed by atoms with van der Waals surface area (Å²) >= 11 is 0. The van der Waals surface area contributed by atoms with Crippen molar-refractivity contribution in [3.05, 3.63) is 48.6 Å². The highest BCUT2D eigenvalue weighted by atomic mass is 19.4. The Hall–Kier alpha value is -2.11. The fourth-order valence-corrected chi connectivity index (χ4v) is 2.29. The van der Waals surface area contributed by atoms with E-state index in [0.29, 0.717) is 12.8 Å². The molecular formula is C22H31F3O3. The van der Waals surface area contributed by atoms with Crippen LogP contribution in [0.3, 0.4) is 0 Å². The van der Waals surface area contributed by atoms with Crippen LogP contribution in [0.25, 0.3) is 0 Å². The maximum Gasteiger partial charge on any atom is 0.449 e. The second kappa shape index (κ2) is 17.0. The minimum Gasteiger partial charge on any atom is -0.481 e. The fraction of sp³-hybridized carbons (Fsp3) is 0.545. The van der Waals surface area contributed by atoms with Crippen molar-refractivity contribution in [1.82, 2.24) is 0 Å². The maximum atomic E-state index is 12.0. The molecule has 28 heavy (non-hydrogen) atoms. The molecular weight excluding hydrogens is 369 g/mol. The van der Waals surface area contributed by atoms with Crippen LogP contribution in [0.1, 0.15) is 70.6 Å². The van der Waals surface area contributed by atoms with E-state index in [1.807, 2.05) is 24.3 Å². The second-order valence-corrected chi connectivity index (χ2v) is 6.40. The number of Topliss-reactive ketones (excluding diaryl/α,β-unsaturated/α-hetero) is 1. The summed E-state index contributed by atoms with van der Waals surface area (Å²) in [4.78, 5) is 21.0. The van der Waals surface area contributed by atoms with Crippen molar-refractivity contribution in [1.29, 1.82) is 0 Å². The van der Waals surface area contributed by atoms with E-state index in [4.69, 9.17) is 5.11 Å². The first-order chi connectivity index (χ1) is 13.3. The summed E-state index contributed by atoms with van der Waals surface area (Å²) in [5.41, 5.74) is 0. The summed E-state index contributed by atoms with van der Waals surface area (Å²) in [6.45, 7) is 0. The smallest absolute Gasteiger partial charge is 0.449 e. The zero-order chi connectivity index (χ0) is 21.1. The Labute approximate surface area is 165 Å². The first kappa shape index (κ1) is 25.9. The quantitative estimate of drug-likeness (QED) is 0.231. The number of carboxylic acids is 1. The lowest BCUT2D eigenvalue weighted by atomic mass is 10.1. The van der Waals surface area contributed by atoms with Crippen molar-refractivity contribution in [2.24, 2.45) is 0 Å². The highest BCUT2D eigenvalue weighted by Gasteiger charge is 2.36. The minimum absolute atomic E-state index is 0.211. The Balaban J connectivity index is 3.50. The summed E-state index contributed by atoms with van der Waals surface area (Å²) in [6.07, 6.45) is 17.9. The van der Waals surface area contributed by atoms with Crippen molar-refractivity contribution < 1.29 is 27.9 Å². The van der Waals surface area contributed by atoms with Crippen LogP contribution in [0.15, 0.2) is 48.6 Å². The van der Waals surface area contributed by atoms with E-state index in [-0.39, 0.29) is 12.8 Å². The monoisotopic (exact) mass is 400 g/mol. The van der Waals surface area contributed by atoms with E-state index in [1.165, 1.54) is 0 Å². The average molecular weight is 400 g/mol. The molecule has 0 aromatic heterocycles. The van der Waals surface area contributed by atoms with Gasteiger partial charge in [0.1, 0.15) is 0 Å². The molecule has 158 valence electrons. The van der Waals surface area contributed by atoms with Gasteiger partial charge in [0.05, 0.1) is 0 Å². The van der Waals surface area contributed by atoms with E-state index >= 15 is 0 Å². The molecule has 0 rings (SSSR count). The Morgan fingerprint density at radius 2 is 1.11 bits per heavy atom. The van der Waals surface area contributed by atoms with Crippen LogP contribution in [0, 0.1) is 0 Å². The molecule has 6 heteroatoms. The number of carbonyl (C=O) groups is 2. The Morgan fingerprint density at radius 1 is 0.643 bits per heavy atom. The van der Waals surface area contributed by atoms with Gasteiger partial charge in [-0.15, -0.1) is 0 Å². The van der Waals surface area contributed by atoms with E-state index in [1.54, 1.807) is 0 Å². The van der Waals surface area contributed by atoms with Crippen LogP contribution in [-0.4, -0.2) is 23.0 Å². The lowest BCUT2D eigenvalue weighted by Crippen LogP contribution is -2.22. The van der Waals surface area contributed by atoms with Crippen LogP contribution >= 0.6 is 0 Å². The number of hydrogen-bond acceptors (Lipinski definition) is 2. The molecule has 0 fully saturated rings. The summed E-state index contributed by atoms with van der Waals surface area (Å²) in [7, 11) is 0. The number of aliphatic carboxylic acids is 1. The van der Waals surface area contributed by atoms with Gasteiger partial charge in [-0.25, -0.2) is 0 Å². The van der Waals surface area contributed by atoms with E-state index in [9.17, 15) is 22.8 Å². The van der Waals surface area contributed by atoms with Crippen molar-refractivity contribution in [3.8, 4) is 0 Å². The van der Waals surface area contributed by atoms with Gasteiger partial charge in [0.25, 0.3) is 0 Å². The highest BCUT2D eigenvalue weighted by Crippen LogP contribution is 2.19. The molecule has 0 heterocycles. The average Bonchev–Trinajstić information content (AvgIpc) is 2.62. The van der Waals surface area contributed by atoms with E-state index < -0.39 is 24.3 Å². The van der Waals surface area contributed by atoms with Gasteiger partial charge >= 0.3 is 12.1 Å². The van der Waals surface area contributed by atoms with Crippen molar-refractivity contribution in [2.45, 2.75) is 76.8 Å². The number of ketones is 1. The Kier molecular flexibility index (Phi) is 15.7.